The molecule has 1 fully saturated rings. The van der Waals surface area contributed by atoms with E-state index >= 15 is 0 Å². The minimum absolute atomic E-state index is 0.0170. The summed E-state index contributed by atoms with van der Waals surface area (Å²) in [6.07, 6.45) is 17.6. The van der Waals surface area contributed by atoms with Gasteiger partial charge in [-0.1, -0.05) is 89.0 Å². The predicted molar refractivity (Wildman–Crippen MR) is 170 cm³/mol. The van der Waals surface area contributed by atoms with Crippen LogP contribution in [0.4, 0.5) is 0 Å². The number of hydrogen-bond acceptors (Lipinski definition) is 11. The summed E-state index contributed by atoms with van der Waals surface area (Å²) in [4.78, 5) is 11.5. The third-order valence-corrected chi connectivity index (χ3v) is 7.84. The summed E-state index contributed by atoms with van der Waals surface area (Å²) < 4.78 is 57.2. The van der Waals surface area contributed by atoms with E-state index in [0.29, 0.717) is 6.61 Å². The maximum absolute atomic E-state index is 11.5. The van der Waals surface area contributed by atoms with E-state index < -0.39 is 59.8 Å². The number of carbonyl (C=O) groups is 1. The zero-order chi connectivity index (χ0) is 33.3. The fourth-order valence-electron chi connectivity index (χ4n) is 4.94. The smallest absolute Gasteiger partial charge is 0.397 e. The van der Waals surface area contributed by atoms with Gasteiger partial charge in [0, 0.05) is 13.5 Å². The highest BCUT2D eigenvalue weighted by atomic mass is 32.3. The van der Waals surface area contributed by atoms with Crippen LogP contribution < -0.4 is 0 Å². The van der Waals surface area contributed by atoms with Crippen LogP contribution in [0.1, 0.15) is 110 Å². The van der Waals surface area contributed by atoms with Crippen molar-refractivity contribution in [2.75, 3.05) is 26.4 Å². The fourth-order valence-corrected chi connectivity index (χ4v) is 5.44. The van der Waals surface area contributed by atoms with Crippen molar-refractivity contribution in [2.24, 2.45) is 0 Å². The van der Waals surface area contributed by atoms with Crippen molar-refractivity contribution < 1.29 is 56.2 Å². The average Bonchev–Trinajstić information content (AvgIpc) is 2.98. The standard InChI is InChI=1S/C32H58O12S/c1-3-4-5-6-7-8-9-10-11-12-13-14-15-16-17-18-19-20-21-22-40-24-27(42-26(2)34)25-41-32-30(36)31(44-45(37,38)39)29(35)28(23-33)43-32/h8-9,11-12,27-33,35-36H,3-7,10,13-25H2,1-2H3,(H,37,38,39)/b9-8-,12-11-. The molecule has 0 saturated carbocycles. The van der Waals surface area contributed by atoms with Crippen LogP contribution in [0.15, 0.2) is 24.3 Å². The third-order valence-electron chi connectivity index (χ3n) is 7.38. The van der Waals surface area contributed by atoms with Crippen molar-refractivity contribution >= 4 is 16.4 Å². The number of ether oxygens (including phenoxy) is 4. The van der Waals surface area contributed by atoms with Gasteiger partial charge in [-0.05, 0) is 38.5 Å². The molecule has 6 unspecified atom stereocenters. The molecule has 0 aromatic heterocycles. The summed E-state index contributed by atoms with van der Waals surface area (Å²) in [5.74, 6) is -0.578. The summed E-state index contributed by atoms with van der Waals surface area (Å²) in [5.41, 5.74) is 0. The molecular weight excluding hydrogens is 608 g/mol. The Morgan fingerprint density at radius 1 is 0.844 bits per heavy atom. The Balaban J connectivity index is 2.17. The minimum Gasteiger partial charge on any atom is -0.458 e. The molecule has 1 aliphatic rings. The quantitative estimate of drug-likeness (QED) is 0.0416. The lowest BCUT2D eigenvalue weighted by Gasteiger charge is -2.41. The topological polar surface area (TPSA) is 178 Å². The molecule has 0 spiro atoms. The van der Waals surface area contributed by atoms with Gasteiger partial charge in [0.1, 0.15) is 30.5 Å². The van der Waals surface area contributed by atoms with Gasteiger partial charge < -0.3 is 34.3 Å². The van der Waals surface area contributed by atoms with Crippen LogP contribution in [0.3, 0.4) is 0 Å². The van der Waals surface area contributed by atoms with Crippen LogP contribution in [0.5, 0.6) is 0 Å². The van der Waals surface area contributed by atoms with E-state index in [2.05, 4.69) is 35.4 Å². The highest BCUT2D eigenvalue weighted by Crippen LogP contribution is 2.25. The Kier molecular flexibility index (Phi) is 23.7. The lowest BCUT2D eigenvalue weighted by atomic mass is 9.99. The van der Waals surface area contributed by atoms with E-state index in [0.717, 1.165) is 32.1 Å². The van der Waals surface area contributed by atoms with Gasteiger partial charge in [0.15, 0.2) is 6.29 Å². The van der Waals surface area contributed by atoms with Crippen molar-refractivity contribution in [2.45, 2.75) is 147 Å². The molecule has 1 saturated heterocycles. The zero-order valence-corrected chi connectivity index (χ0v) is 28.0. The van der Waals surface area contributed by atoms with Crippen LogP contribution in [-0.2, 0) is 38.3 Å². The molecule has 0 amide bonds. The molecule has 45 heavy (non-hydrogen) atoms. The van der Waals surface area contributed by atoms with E-state index in [1.54, 1.807) is 0 Å². The average molecular weight is 667 g/mol. The van der Waals surface area contributed by atoms with Crippen molar-refractivity contribution in [1.82, 2.24) is 0 Å². The largest absolute Gasteiger partial charge is 0.458 e. The first-order chi connectivity index (χ1) is 21.6. The maximum atomic E-state index is 11.5. The fraction of sp³-hybridized carbons (Fsp3) is 0.844. The van der Waals surface area contributed by atoms with Gasteiger partial charge in [0.05, 0.1) is 19.8 Å². The summed E-state index contributed by atoms with van der Waals surface area (Å²) >= 11 is 0. The highest BCUT2D eigenvalue weighted by molar-refractivity contribution is 7.80. The SMILES string of the molecule is CCCCCC/C=C\C/C=C\CCCCCCCCCCOCC(COC1OC(CO)C(O)C(OS(=O)(=O)O)C1O)OC(C)=O. The Morgan fingerprint density at radius 3 is 1.98 bits per heavy atom. The lowest BCUT2D eigenvalue weighted by molar-refractivity contribution is -0.301. The van der Waals surface area contributed by atoms with Crippen LogP contribution in [0.2, 0.25) is 0 Å². The van der Waals surface area contributed by atoms with E-state index in [9.17, 15) is 28.5 Å². The van der Waals surface area contributed by atoms with Crippen LogP contribution >= 0.6 is 0 Å². The molecule has 0 aromatic carbocycles. The van der Waals surface area contributed by atoms with E-state index in [4.69, 9.17) is 23.5 Å². The van der Waals surface area contributed by atoms with Gasteiger partial charge in [-0.15, -0.1) is 0 Å². The van der Waals surface area contributed by atoms with Gasteiger partial charge in [-0.3, -0.25) is 9.35 Å². The highest BCUT2D eigenvalue weighted by Gasteiger charge is 2.48. The first-order valence-electron chi connectivity index (χ1n) is 16.5. The second-order valence-electron chi connectivity index (χ2n) is 11.5. The Hall–Kier alpha value is -1.42. The number of hydrogen-bond donors (Lipinski definition) is 4. The van der Waals surface area contributed by atoms with Gasteiger partial charge in [-0.2, -0.15) is 8.42 Å². The zero-order valence-electron chi connectivity index (χ0n) is 27.2. The molecule has 264 valence electrons. The maximum Gasteiger partial charge on any atom is 0.397 e. The van der Waals surface area contributed by atoms with Crippen LogP contribution in [0, 0.1) is 0 Å². The van der Waals surface area contributed by atoms with Crippen molar-refractivity contribution in [3.8, 4) is 0 Å². The van der Waals surface area contributed by atoms with E-state index in [1.807, 2.05) is 0 Å². The van der Waals surface area contributed by atoms with E-state index in [1.165, 1.54) is 71.1 Å². The van der Waals surface area contributed by atoms with Gasteiger partial charge in [-0.25, -0.2) is 4.18 Å². The van der Waals surface area contributed by atoms with Gasteiger partial charge in [0.25, 0.3) is 0 Å². The molecule has 0 aliphatic carbocycles. The van der Waals surface area contributed by atoms with Crippen LogP contribution in [0.25, 0.3) is 0 Å². The number of unbranched alkanes of at least 4 members (excludes halogenated alkanes) is 12. The number of carbonyl (C=O) groups excluding carboxylic acids is 1. The number of rotatable bonds is 27. The number of aliphatic hydroxyl groups excluding tert-OH is 3. The normalized spacial score (nSPS) is 23.2. The molecule has 12 nitrogen and oxygen atoms in total. The van der Waals surface area contributed by atoms with E-state index in [-0.39, 0.29) is 13.2 Å². The van der Waals surface area contributed by atoms with Crippen molar-refractivity contribution in [3.63, 3.8) is 0 Å². The van der Waals surface area contributed by atoms with Gasteiger partial charge in [0.2, 0.25) is 0 Å². The Labute approximate surface area is 270 Å². The molecule has 1 heterocycles. The molecule has 6 atom stereocenters. The molecule has 1 aliphatic heterocycles. The third kappa shape index (κ3) is 21.1. The second kappa shape index (κ2) is 25.6. The Morgan fingerprint density at radius 2 is 1.42 bits per heavy atom. The molecule has 4 N–H and O–H groups in total. The van der Waals surface area contributed by atoms with Crippen LogP contribution in [-0.4, -0.2) is 97.5 Å². The molecular formula is C32H58O12S. The molecule has 0 aromatic rings. The second-order valence-corrected chi connectivity index (χ2v) is 12.5. The van der Waals surface area contributed by atoms with Gasteiger partial charge >= 0.3 is 16.4 Å². The van der Waals surface area contributed by atoms with Crippen molar-refractivity contribution in [3.05, 3.63) is 24.3 Å². The molecule has 13 heteroatoms. The number of esters is 1. The first-order valence-corrected chi connectivity index (χ1v) is 17.9. The molecule has 0 bridgehead atoms. The summed E-state index contributed by atoms with van der Waals surface area (Å²) in [7, 11) is -5.03. The number of allylic oxidation sites excluding steroid dienone is 4. The Bertz CT molecular complexity index is 910. The monoisotopic (exact) mass is 666 g/mol. The number of aliphatic hydroxyl groups is 3. The summed E-state index contributed by atoms with van der Waals surface area (Å²) in [5, 5.41) is 29.9. The predicted octanol–water partition coefficient (Wildman–Crippen LogP) is 4.56. The first kappa shape index (κ1) is 41.6. The molecule has 1 rings (SSSR count). The molecule has 0 radical (unpaired) electrons. The summed E-state index contributed by atoms with van der Waals surface area (Å²) in [6.45, 7) is 2.90. The van der Waals surface area contributed by atoms with Crippen molar-refractivity contribution in [1.29, 1.82) is 0 Å². The minimum atomic E-state index is -5.03. The summed E-state index contributed by atoms with van der Waals surface area (Å²) in [6, 6.07) is 0. The lowest BCUT2D eigenvalue weighted by Crippen LogP contribution is -2.60.